The summed E-state index contributed by atoms with van der Waals surface area (Å²) in [6, 6.07) is 7.99. The molecule has 1 aromatic carbocycles. The molecular formula is C22H27N3O3S. The Hall–Kier alpha value is -2.41. The van der Waals surface area contributed by atoms with E-state index in [1.807, 2.05) is 49.6 Å². The normalized spacial score (nSPS) is 15.7. The number of benzene rings is 1. The molecule has 0 bridgehead atoms. The Morgan fingerprint density at radius 2 is 1.72 bits per heavy atom. The van der Waals surface area contributed by atoms with Gasteiger partial charge in [-0.2, -0.15) is 0 Å². The molecule has 29 heavy (non-hydrogen) atoms. The summed E-state index contributed by atoms with van der Waals surface area (Å²) in [7, 11) is -3.64. The highest BCUT2D eigenvalue weighted by Gasteiger charge is 2.30. The quantitative estimate of drug-likeness (QED) is 0.592. The molecule has 0 atom stereocenters. The van der Waals surface area contributed by atoms with Gasteiger partial charge in [0.05, 0.1) is 11.4 Å². The molecule has 6 nitrogen and oxygen atoms in total. The third-order valence-electron chi connectivity index (χ3n) is 5.76. The molecule has 0 N–H and O–H groups in total. The van der Waals surface area contributed by atoms with Gasteiger partial charge in [0.2, 0.25) is 20.9 Å². The van der Waals surface area contributed by atoms with E-state index in [-0.39, 0.29) is 17.0 Å². The topological polar surface area (TPSA) is 78.0 Å². The monoisotopic (exact) mass is 413 g/mol. The fourth-order valence-electron chi connectivity index (χ4n) is 4.05. The van der Waals surface area contributed by atoms with Crippen molar-refractivity contribution in [3.63, 3.8) is 0 Å². The van der Waals surface area contributed by atoms with E-state index in [9.17, 15) is 8.42 Å². The summed E-state index contributed by atoms with van der Waals surface area (Å²) in [6.45, 7) is 5.84. The zero-order valence-corrected chi connectivity index (χ0v) is 18.0. The van der Waals surface area contributed by atoms with Crippen molar-refractivity contribution >= 4 is 9.84 Å². The average molecular weight is 414 g/mol. The van der Waals surface area contributed by atoms with Gasteiger partial charge < -0.3 is 8.98 Å². The van der Waals surface area contributed by atoms with Crippen LogP contribution in [0.2, 0.25) is 0 Å². The van der Waals surface area contributed by atoms with Gasteiger partial charge >= 0.3 is 0 Å². The molecule has 0 unspecified atom stereocenters. The van der Waals surface area contributed by atoms with Gasteiger partial charge in [-0.15, -0.1) is 0 Å². The average Bonchev–Trinajstić information content (AvgIpc) is 3.28. The Balaban J connectivity index is 1.63. The second-order valence-corrected chi connectivity index (χ2v) is 9.88. The highest BCUT2D eigenvalue weighted by Crippen LogP contribution is 2.33. The lowest BCUT2D eigenvalue weighted by molar-refractivity contribution is 0.329. The van der Waals surface area contributed by atoms with Gasteiger partial charge in [0, 0.05) is 17.3 Å². The van der Waals surface area contributed by atoms with E-state index in [4.69, 9.17) is 4.42 Å². The second-order valence-electron chi connectivity index (χ2n) is 8.00. The third kappa shape index (κ3) is 4.01. The van der Waals surface area contributed by atoms with Crippen LogP contribution in [0.15, 0.2) is 40.1 Å². The number of aromatic nitrogens is 3. The van der Waals surface area contributed by atoms with E-state index >= 15 is 0 Å². The zero-order chi connectivity index (χ0) is 20.6. The molecule has 0 amide bonds. The predicted molar refractivity (Wildman–Crippen MR) is 111 cm³/mol. The van der Waals surface area contributed by atoms with Gasteiger partial charge in [0.15, 0.2) is 0 Å². The minimum absolute atomic E-state index is 0.166. The number of sulfone groups is 1. The van der Waals surface area contributed by atoms with E-state index in [1.165, 1.54) is 12.7 Å². The van der Waals surface area contributed by atoms with Crippen molar-refractivity contribution in [2.75, 3.05) is 0 Å². The van der Waals surface area contributed by atoms with Crippen LogP contribution in [0, 0.1) is 20.8 Å². The standard InChI is InChI=1S/C22H27N3O3S/c1-15-9-11-18(12-10-15)21-24-19(13-28-21)14-29(26,27)22-23-16(2)17(3)25(22)20-7-5-4-6-8-20/h9-13,20H,4-8,14H2,1-3H3. The maximum absolute atomic E-state index is 13.3. The fraction of sp³-hybridized carbons (Fsp3) is 0.455. The third-order valence-corrected chi connectivity index (χ3v) is 7.28. The number of oxazole rings is 1. The molecule has 0 saturated heterocycles. The van der Waals surface area contributed by atoms with Crippen LogP contribution in [0.4, 0.5) is 0 Å². The van der Waals surface area contributed by atoms with Crippen LogP contribution >= 0.6 is 0 Å². The second kappa shape index (κ2) is 7.78. The van der Waals surface area contributed by atoms with Crippen LogP contribution in [0.3, 0.4) is 0 Å². The fourth-order valence-corrected chi connectivity index (χ4v) is 5.56. The van der Waals surface area contributed by atoms with Gasteiger partial charge in [-0.1, -0.05) is 37.0 Å². The summed E-state index contributed by atoms with van der Waals surface area (Å²) in [5.74, 6) is 0.212. The van der Waals surface area contributed by atoms with Crippen molar-refractivity contribution in [3.05, 3.63) is 53.2 Å². The molecule has 0 aliphatic heterocycles. The molecule has 1 fully saturated rings. The number of rotatable bonds is 5. The lowest BCUT2D eigenvalue weighted by atomic mass is 9.95. The van der Waals surface area contributed by atoms with Crippen LogP contribution in [0.25, 0.3) is 11.5 Å². The predicted octanol–water partition coefficient (Wildman–Crippen LogP) is 4.94. The lowest BCUT2D eigenvalue weighted by Crippen LogP contribution is -2.20. The maximum atomic E-state index is 13.3. The van der Waals surface area contributed by atoms with Gasteiger partial charge in [0.1, 0.15) is 12.0 Å². The van der Waals surface area contributed by atoms with Gasteiger partial charge in [0.25, 0.3) is 0 Å². The summed E-state index contributed by atoms with van der Waals surface area (Å²) in [5, 5.41) is 0.166. The number of hydrogen-bond donors (Lipinski definition) is 0. The molecule has 0 radical (unpaired) electrons. The molecule has 1 aliphatic carbocycles. The van der Waals surface area contributed by atoms with Crippen molar-refractivity contribution in [3.8, 4) is 11.5 Å². The Morgan fingerprint density at radius 1 is 1.03 bits per heavy atom. The molecule has 7 heteroatoms. The van der Waals surface area contributed by atoms with Gasteiger partial charge in [-0.25, -0.2) is 18.4 Å². The van der Waals surface area contributed by atoms with Crippen LogP contribution in [0.5, 0.6) is 0 Å². The van der Waals surface area contributed by atoms with Crippen LogP contribution in [0.1, 0.15) is 60.8 Å². The number of imidazole rings is 1. The van der Waals surface area contributed by atoms with Crippen molar-refractivity contribution < 1.29 is 12.8 Å². The highest BCUT2D eigenvalue weighted by molar-refractivity contribution is 7.90. The lowest BCUT2D eigenvalue weighted by Gasteiger charge is -2.26. The van der Waals surface area contributed by atoms with Crippen molar-refractivity contribution in [1.82, 2.24) is 14.5 Å². The minimum atomic E-state index is -3.64. The Morgan fingerprint density at radius 3 is 2.41 bits per heavy atom. The molecule has 2 heterocycles. The molecule has 4 rings (SSSR count). The van der Waals surface area contributed by atoms with Crippen molar-refractivity contribution in [2.45, 2.75) is 69.8 Å². The van der Waals surface area contributed by atoms with E-state index in [1.54, 1.807) is 0 Å². The van der Waals surface area contributed by atoms with Crippen LogP contribution < -0.4 is 0 Å². The Kier molecular flexibility index (Phi) is 5.34. The Bertz CT molecular complexity index is 1100. The first-order chi connectivity index (χ1) is 13.8. The summed E-state index contributed by atoms with van der Waals surface area (Å²) >= 11 is 0. The summed E-state index contributed by atoms with van der Waals surface area (Å²) in [6.07, 6.45) is 6.90. The van der Waals surface area contributed by atoms with E-state index in [0.29, 0.717) is 11.6 Å². The van der Waals surface area contributed by atoms with E-state index in [0.717, 1.165) is 48.2 Å². The molecule has 154 valence electrons. The van der Waals surface area contributed by atoms with Crippen molar-refractivity contribution in [2.24, 2.45) is 0 Å². The summed E-state index contributed by atoms with van der Waals surface area (Å²) < 4.78 is 34.0. The zero-order valence-electron chi connectivity index (χ0n) is 17.2. The minimum Gasteiger partial charge on any atom is -0.444 e. The molecule has 0 spiro atoms. The first-order valence-corrected chi connectivity index (χ1v) is 11.8. The number of hydrogen-bond acceptors (Lipinski definition) is 5. The van der Waals surface area contributed by atoms with Crippen molar-refractivity contribution in [1.29, 1.82) is 0 Å². The SMILES string of the molecule is Cc1ccc(-c2nc(CS(=O)(=O)c3nc(C)c(C)n3C3CCCCC3)co2)cc1. The number of nitrogens with zero attached hydrogens (tertiary/aromatic N) is 3. The molecule has 1 aliphatic rings. The Labute approximate surface area is 171 Å². The van der Waals surface area contributed by atoms with Gasteiger partial charge in [-0.3, -0.25) is 0 Å². The summed E-state index contributed by atoms with van der Waals surface area (Å²) in [5.41, 5.74) is 4.08. The maximum Gasteiger partial charge on any atom is 0.228 e. The summed E-state index contributed by atoms with van der Waals surface area (Å²) in [4.78, 5) is 8.85. The first kappa shape index (κ1) is 19.9. The molecule has 3 aromatic rings. The first-order valence-electron chi connectivity index (χ1n) is 10.1. The highest BCUT2D eigenvalue weighted by atomic mass is 32.2. The molecule has 2 aromatic heterocycles. The number of aryl methyl sites for hydroxylation is 2. The largest absolute Gasteiger partial charge is 0.444 e. The van der Waals surface area contributed by atoms with Crippen LogP contribution in [-0.2, 0) is 15.6 Å². The smallest absolute Gasteiger partial charge is 0.228 e. The van der Waals surface area contributed by atoms with E-state index in [2.05, 4.69) is 9.97 Å². The molecular weight excluding hydrogens is 386 g/mol. The molecule has 1 saturated carbocycles. The van der Waals surface area contributed by atoms with Gasteiger partial charge in [-0.05, 0) is 45.7 Å². The van der Waals surface area contributed by atoms with E-state index < -0.39 is 9.84 Å². The van der Waals surface area contributed by atoms with Crippen LogP contribution in [-0.4, -0.2) is 23.0 Å².